The Morgan fingerprint density at radius 1 is 1.50 bits per heavy atom. The van der Waals surface area contributed by atoms with Gasteiger partial charge in [-0.05, 0) is 17.7 Å². The molecular weight excluding hydrogens is 232 g/mol. The molecule has 2 N–H and O–H groups in total. The Labute approximate surface area is 104 Å². The van der Waals surface area contributed by atoms with Gasteiger partial charge in [-0.25, -0.2) is 4.98 Å². The summed E-state index contributed by atoms with van der Waals surface area (Å²) in [6, 6.07) is 7.17. The first-order valence-electron chi connectivity index (χ1n) is 5.48. The highest BCUT2D eigenvalue weighted by Gasteiger charge is 2.07. The van der Waals surface area contributed by atoms with E-state index in [1.54, 1.807) is 29.9 Å². The minimum absolute atomic E-state index is 0.123. The van der Waals surface area contributed by atoms with Crippen molar-refractivity contribution >= 4 is 11.7 Å². The molecule has 0 spiro atoms. The number of esters is 1. The number of nitrogens with zero attached hydrogens (tertiary/aromatic N) is 3. The van der Waals surface area contributed by atoms with Crippen LogP contribution in [0.1, 0.15) is 11.4 Å². The van der Waals surface area contributed by atoms with Gasteiger partial charge in [-0.3, -0.25) is 9.48 Å². The Kier molecular flexibility index (Phi) is 3.57. The second-order valence-corrected chi connectivity index (χ2v) is 3.88. The van der Waals surface area contributed by atoms with E-state index in [9.17, 15) is 4.79 Å². The van der Waals surface area contributed by atoms with Crippen molar-refractivity contribution in [3.8, 4) is 0 Å². The van der Waals surface area contributed by atoms with Gasteiger partial charge in [0.05, 0.1) is 6.42 Å². The van der Waals surface area contributed by atoms with Crippen LogP contribution in [0.3, 0.4) is 0 Å². The molecule has 2 aromatic rings. The molecule has 6 nitrogen and oxygen atoms in total. The van der Waals surface area contributed by atoms with Gasteiger partial charge in [0, 0.05) is 12.7 Å². The molecule has 0 aliphatic rings. The highest BCUT2D eigenvalue weighted by atomic mass is 16.5. The van der Waals surface area contributed by atoms with Crippen molar-refractivity contribution in [1.82, 2.24) is 14.8 Å². The first-order valence-corrected chi connectivity index (χ1v) is 5.48. The minimum Gasteiger partial charge on any atom is -0.457 e. The molecule has 0 atom stereocenters. The zero-order valence-electron chi connectivity index (χ0n) is 10.0. The number of anilines is 1. The molecule has 6 heteroatoms. The molecule has 2 rings (SSSR count). The summed E-state index contributed by atoms with van der Waals surface area (Å²) < 4.78 is 6.67. The molecule has 1 heterocycles. The lowest BCUT2D eigenvalue weighted by Gasteiger charge is -2.04. The topological polar surface area (TPSA) is 83.0 Å². The second kappa shape index (κ2) is 5.31. The van der Waals surface area contributed by atoms with E-state index < -0.39 is 0 Å². The zero-order chi connectivity index (χ0) is 13.0. The summed E-state index contributed by atoms with van der Waals surface area (Å²) in [6.07, 6.45) is 1.62. The summed E-state index contributed by atoms with van der Waals surface area (Å²) in [5.74, 6) is 0.291. The van der Waals surface area contributed by atoms with Crippen LogP contribution in [-0.4, -0.2) is 20.7 Å². The average Bonchev–Trinajstić information content (AvgIpc) is 2.72. The maximum atomic E-state index is 11.6. The van der Waals surface area contributed by atoms with Gasteiger partial charge in [0.1, 0.15) is 6.33 Å². The number of nitrogens with two attached hydrogens (primary N) is 1. The summed E-state index contributed by atoms with van der Waals surface area (Å²) in [5.41, 5.74) is 7.10. The largest absolute Gasteiger partial charge is 0.457 e. The molecule has 0 saturated carbocycles. The first-order chi connectivity index (χ1) is 8.65. The lowest BCUT2D eigenvalue weighted by Crippen LogP contribution is -2.11. The molecule has 0 bridgehead atoms. The average molecular weight is 246 g/mol. The number of carbonyl (C=O) groups excluding carboxylic acids is 1. The van der Waals surface area contributed by atoms with E-state index >= 15 is 0 Å². The van der Waals surface area contributed by atoms with Crippen molar-refractivity contribution in [2.45, 2.75) is 13.0 Å². The Morgan fingerprint density at radius 3 is 3.00 bits per heavy atom. The van der Waals surface area contributed by atoms with Gasteiger partial charge in [-0.1, -0.05) is 12.1 Å². The normalized spacial score (nSPS) is 10.3. The molecule has 0 aliphatic heterocycles. The lowest BCUT2D eigenvalue weighted by molar-refractivity contribution is -0.144. The fraction of sp³-hybridized carbons (Fsp3) is 0.250. The number of carbonyl (C=O) groups is 1. The van der Waals surface area contributed by atoms with Crippen molar-refractivity contribution in [3.63, 3.8) is 0 Å². The number of benzene rings is 1. The van der Waals surface area contributed by atoms with Crippen molar-refractivity contribution in [3.05, 3.63) is 42.0 Å². The number of aryl methyl sites for hydroxylation is 1. The van der Waals surface area contributed by atoms with Crippen LogP contribution in [0.25, 0.3) is 0 Å². The predicted octanol–water partition coefficient (Wildman–Crippen LogP) is 0.683. The van der Waals surface area contributed by atoms with E-state index in [-0.39, 0.29) is 19.0 Å². The van der Waals surface area contributed by atoms with E-state index in [1.165, 1.54) is 6.33 Å². The third-order valence-corrected chi connectivity index (χ3v) is 2.47. The number of rotatable bonds is 4. The van der Waals surface area contributed by atoms with Crippen LogP contribution < -0.4 is 5.73 Å². The Morgan fingerprint density at radius 2 is 2.33 bits per heavy atom. The van der Waals surface area contributed by atoms with Crippen molar-refractivity contribution in [2.24, 2.45) is 7.05 Å². The van der Waals surface area contributed by atoms with Gasteiger partial charge in [0.15, 0.2) is 12.4 Å². The van der Waals surface area contributed by atoms with E-state index in [0.717, 1.165) is 5.56 Å². The van der Waals surface area contributed by atoms with Gasteiger partial charge in [-0.15, -0.1) is 0 Å². The third kappa shape index (κ3) is 3.07. The lowest BCUT2D eigenvalue weighted by atomic mass is 10.1. The smallest absolute Gasteiger partial charge is 0.310 e. The SMILES string of the molecule is Cn1ncnc1COC(=O)Cc1cccc(N)c1. The molecule has 0 unspecified atom stereocenters. The number of hydrogen-bond donors (Lipinski definition) is 1. The maximum Gasteiger partial charge on any atom is 0.310 e. The van der Waals surface area contributed by atoms with E-state index in [0.29, 0.717) is 11.5 Å². The van der Waals surface area contributed by atoms with Gasteiger partial charge >= 0.3 is 5.97 Å². The highest BCUT2D eigenvalue weighted by Crippen LogP contribution is 2.08. The fourth-order valence-corrected chi connectivity index (χ4v) is 1.52. The number of nitrogen functional groups attached to an aromatic ring is 1. The second-order valence-electron chi connectivity index (χ2n) is 3.88. The van der Waals surface area contributed by atoms with E-state index in [1.807, 2.05) is 6.07 Å². The molecular formula is C12H14N4O2. The molecule has 0 fully saturated rings. The summed E-state index contributed by atoms with van der Waals surface area (Å²) >= 11 is 0. The van der Waals surface area contributed by atoms with Gasteiger partial charge in [-0.2, -0.15) is 5.10 Å². The van der Waals surface area contributed by atoms with Crippen LogP contribution in [0.15, 0.2) is 30.6 Å². The molecule has 94 valence electrons. The molecule has 1 aromatic carbocycles. The number of aromatic nitrogens is 3. The minimum atomic E-state index is -0.316. The van der Waals surface area contributed by atoms with Crippen LogP contribution in [0.4, 0.5) is 5.69 Å². The third-order valence-electron chi connectivity index (χ3n) is 2.47. The Balaban J connectivity index is 1.88. The van der Waals surface area contributed by atoms with Crippen molar-refractivity contribution in [2.75, 3.05) is 5.73 Å². The van der Waals surface area contributed by atoms with Crippen LogP contribution >= 0.6 is 0 Å². The Hall–Kier alpha value is -2.37. The van der Waals surface area contributed by atoms with Gasteiger partial charge in [0.2, 0.25) is 0 Å². The highest BCUT2D eigenvalue weighted by molar-refractivity contribution is 5.72. The van der Waals surface area contributed by atoms with Crippen molar-refractivity contribution in [1.29, 1.82) is 0 Å². The van der Waals surface area contributed by atoms with E-state index in [2.05, 4.69) is 10.1 Å². The molecule has 0 aliphatic carbocycles. The quantitative estimate of drug-likeness (QED) is 0.633. The van der Waals surface area contributed by atoms with Crippen LogP contribution in [0.5, 0.6) is 0 Å². The maximum absolute atomic E-state index is 11.6. The Bertz CT molecular complexity index is 551. The summed E-state index contributed by atoms with van der Waals surface area (Å²) in [6.45, 7) is 0.123. The molecule has 0 saturated heterocycles. The standard InChI is InChI=1S/C12H14N4O2/c1-16-11(14-8-15-16)7-18-12(17)6-9-3-2-4-10(13)5-9/h2-5,8H,6-7,13H2,1H3. The van der Waals surface area contributed by atoms with Crippen LogP contribution in [0, 0.1) is 0 Å². The van der Waals surface area contributed by atoms with Crippen molar-refractivity contribution < 1.29 is 9.53 Å². The van der Waals surface area contributed by atoms with Gasteiger partial charge in [0.25, 0.3) is 0 Å². The number of hydrogen-bond acceptors (Lipinski definition) is 5. The molecule has 0 radical (unpaired) electrons. The zero-order valence-corrected chi connectivity index (χ0v) is 10.0. The predicted molar refractivity (Wildman–Crippen MR) is 65.4 cm³/mol. The van der Waals surface area contributed by atoms with Crippen LogP contribution in [0.2, 0.25) is 0 Å². The monoisotopic (exact) mass is 246 g/mol. The van der Waals surface area contributed by atoms with Gasteiger partial charge < -0.3 is 10.5 Å². The molecule has 0 amide bonds. The summed E-state index contributed by atoms with van der Waals surface area (Å²) in [4.78, 5) is 15.6. The molecule has 1 aromatic heterocycles. The van der Waals surface area contributed by atoms with E-state index in [4.69, 9.17) is 10.5 Å². The first kappa shape index (κ1) is 12.1. The summed E-state index contributed by atoms with van der Waals surface area (Å²) in [5, 5.41) is 3.89. The fourth-order valence-electron chi connectivity index (χ4n) is 1.52. The van der Waals surface area contributed by atoms with Crippen LogP contribution in [-0.2, 0) is 29.6 Å². The molecule has 18 heavy (non-hydrogen) atoms. The number of ether oxygens (including phenoxy) is 1. The summed E-state index contributed by atoms with van der Waals surface area (Å²) in [7, 11) is 1.74.